The highest BCUT2D eigenvalue weighted by Gasteiger charge is 2.63. The quantitative estimate of drug-likeness (QED) is 0.552. The van der Waals surface area contributed by atoms with E-state index in [9.17, 15) is 10.2 Å². The number of benzene rings is 2. The summed E-state index contributed by atoms with van der Waals surface area (Å²) in [5.41, 5.74) is 10.7. The largest absolute Gasteiger partial charge is 0.508 e. The smallest absolute Gasteiger partial charge is 0.119 e. The highest BCUT2D eigenvalue weighted by molar-refractivity contribution is 5.56. The standard InChI is InChI=1S/C29H38O2/c1-15-8-24(30)17(3)19(5)26(15)28-11-22-10-23(13-28)21(7)29(12-22,14-28)27-16(2)9-25(31)18(4)20(27)6/h8-9,21-23,30-31H,10-14H2,1-7H3. The molecule has 5 unspecified atom stereocenters. The number of hydrogen-bond donors (Lipinski definition) is 2. The molecule has 4 bridgehead atoms. The lowest BCUT2D eigenvalue weighted by Gasteiger charge is -2.66. The average Bonchev–Trinajstić information content (AvgIpc) is 2.67. The molecule has 2 nitrogen and oxygen atoms in total. The van der Waals surface area contributed by atoms with E-state index in [-0.39, 0.29) is 10.8 Å². The van der Waals surface area contributed by atoms with Gasteiger partial charge in [0.2, 0.25) is 0 Å². The maximum absolute atomic E-state index is 10.5. The van der Waals surface area contributed by atoms with Crippen LogP contribution < -0.4 is 0 Å². The van der Waals surface area contributed by atoms with Crippen LogP contribution in [0.4, 0.5) is 0 Å². The predicted octanol–water partition coefficient (Wildman–Crippen LogP) is 6.98. The lowest BCUT2D eigenvalue weighted by molar-refractivity contribution is -0.0735. The van der Waals surface area contributed by atoms with Crippen molar-refractivity contribution in [1.82, 2.24) is 0 Å². The van der Waals surface area contributed by atoms with Crippen LogP contribution in [-0.2, 0) is 10.8 Å². The first kappa shape index (κ1) is 20.9. The third-order valence-electron chi connectivity index (χ3n) is 10.0. The molecule has 2 N–H and O–H groups in total. The second kappa shape index (κ2) is 6.53. The van der Waals surface area contributed by atoms with Crippen LogP contribution in [0.15, 0.2) is 12.1 Å². The fraction of sp³-hybridized carbons (Fsp3) is 0.586. The SMILES string of the molecule is Cc1cc(O)c(C)c(C)c1C12CC3CC(C1)C(C)C(c1c(C)cc(O)c(C)c1C)(C3)C2. The number of rotatable bonds is 2. The van der Waals surface area contributed by atoms with E-state index in [1.54, 1.807) is 0 Å². The Hall–Kier alpha value is -1.96. The number of hydrogen-bond acceptors (Lipinski definition) is 2. The van der Waals surface area contributed by atoms with Gasteiger partial charge in [-0.05, 0) is 159 Å². The van der Waals surface area contributed by atoms with E-state index in [4.69, 9.17) is 0 Å². The van der Waals surface area contributed by atoms with Gasteiger partial charge in [0.1, 0.15) is 11.5 Å². The maximum atomic E-state index is 10.5. The number of phenols is 2. The Morgan fingerprint density at radius 2 is 1.29 bits per heavy atom. The van der Waals surface area contributed by atoms with E-state index in [2.05, 4.69) is 48.5 Å². The van der Waals surface area contributed by atoms with Crippen LogP contribution >= 0.6 is 0 Å². The zero-order valence-electron chi connectivity index (χ0n) is 20.3. The monoisotopic (exact) mass is 418 g/mol. The van der Waals surface area contributed by atoms with Gasteiger partial charge < -0.3 is 10.2 Å². The minimum Gasteiger partial charge on any atom is -0.508 e. The van der Waals surface area contributed by atoms with Crippen molar-refractivity contribution in [2.75, 3.05) is 0 Å². The van der Waals surface area contributed by atoms with Gasteiger partial charge in [-0.2, -0.15) is 0 Å². The Balaban J connectivity index is 1.75. The van der Waals surface area contributed by atoms with E-state index >= 15 is 0 Å². The Morgan fingerprint density at radius 3 is 1.90 bits per heavy atom. The summed E-state index contributed by atoms with van der Waals surface area (Å²) < 4.78 is 0. The van der Waals surface area contributed by atoms with E-state index in [0.717, 1.165) is 23.0 Å². The van der Waals surface area contributed by atoms with Crippen LogP contribution in [0.3, 0.4) is 0 Å². The summed E-state index contributed by atoms with van der Waals surface area (Å²) in [7, 11) is 0. The van der Waals surface area contributed by atoms with Crippen molar-refractivity contribution in [2.45, 2.75) is 91.4 Å². The second-order valence-corrected chi connectivity index (χ2v) is 11.6. The molecule has 4 aliphatic rings. The van der Waals surface area contributed by atoms with Gasteiger partial charge in [0, 0.05) is 0 Å². The third kappa shape index (κ3) is 2.63. The van der Waals surface area contributed by atoms with E-state index in [1.807, 2.05) is 12.1 Å². The fourth-order valence-electron chi connectivity index (χ4n) is 8.82. The van der Waals surface area contributed by atoms with Gasteiger partial charge in [0.25, 0.3) is 0 Å². The van der Waals surface area contributed by atoms with Crippen molar-refractivity contribution in [1.29, 1.82) is 0 Å². The van der Waals surface area contributed by atoms with Crippen molar-refractivity contribution in [3.63, 3.8) is 0 Å². The topological polar surface area (TPSA) is 40.5 Å². The minimum absolute atomic E-state index is 0.182. The van der Waals surface area contributed by atoms with Crippen LogP contribution in [0.25, 0.3) is 0 Å². The number of phenolic OH excluding ortho intramolecular Hbond substituents is 2. The van der Waals surface area contributed by atoms with Crippen molar-refractivity contribution in [2.24, 2.45) is 17.8 Å². The molecule has 0 aliphatic heterocycles. The molecule has 0 radical (unpaired) electrons. The zero-order chi connectivity index (χ0) is 22.5. The molecule has 2 aromatic rings. The Bertz CT molecular complexity index is 1100. The first-order valence-electron chi connectivity index (χ1n) is 12.1. The second-order valence-electron chi connectivity index (χ2n) is 11.6. The molecule has 4 aliphatic carbocycles. The summed E-state index contributed by atoms with van der Waals surface area (Å²) in [5.74, 6) is 3.06. The van der Waals surface area contributed by atoms with Crippen LogP contribution in [0.1, 0.15) is 83.5 Å². The van der Waals surface area contributed by atoms with Gasteiger partial charge in [0.15, 0.2) is 0 Å². The van der Waals surface area contributed by atoms with Gasteiger partial charge in [-0.1, -0.05) is 6.92 Å². The molecule has 31 heavy (non-hydrogen) atoms. The molecule has 4 fully saturated rings. The fourth-order valence-corrected chi connectivity index (χ4v) is 8.82. The predicted molar refractivity (Wildman–Crippen MR) is 127 cm³/mol. The van der Waals surface area contributed by atoms with Crippen molar-refractivity contribution in [3.8, 4) is 11.5 Å². The molecule has 0 saturated heterocycles. The van der Waals surface area contributed by atoms with Crippen LogP contribution in [0.5, 0.6) is 11.5 Å². The van der Waals surface area contributed by atoms with Gasteiger partial charge in [0.05, 0.1) is 0 Å². The average molecular weight is 419 g/mol. The molecule has 6 rings (SSSR count). The Labute approximate surface area is 187 Å². The van der Waals surface area contributed by atoms with Gasteiger partial charge in [-0.25, -0.2) is 0 Å². The summed E-state index contributed by atoms with van der Waals surface area (Å²) in [6.45, 7) is 15.5. The summed E-state index contributed by atoms with van der Waals surface area (Å²) >= 11 is 0. The summed E-state index contributed by atoms with van der Waals surface area (Å²) in [6.07, 6.45) is 6.43. The molecule has 5 atom stereocenters. The lowest BCUT2D eigenvalue weighted by atomic mass is 9.37. The molecule has 0 spiro atoms. The van der Waals surface area contributed by atoms with Crippen LogP contribution in [0.2, 0.25) is 0 Å². The highest BCUT2D eigenvalue weighted by atomic mass is 16.3. The molecule has 166 valence electrons. The zero-order valence-corrected chi connectivity index (χ0v) is 20.3. The van der Waals surface area contributed by atoms with E-state index in [1.165, 1.54) is 65.5 Å². The summed E-state index contributed by atoms with van der Waals surface area (Å²) in [6, 6.07) is 4.02. The molecule has 4 saturated carbocycles. The normalized spacial score (nSPS) is 33.8. The Kier molecular flexibility index (Phi) is 4.40. The maximum Gasteiger partial charge on any atom is 0.119 e. The van der Waals surface area contributed by atoms with E-state index < -0.39 is 0 Å². The molecule has 0 heterocycles. The molecule has 0 amide bonds. The highest BCUT2D eigenvalue weighted by Crippen LogP contribution is 2.69. The lowest BCUT2D eigenvalue weighted by Crippen LogP contribution is -2.61. The van der Waals surface area contributed by atoms with E-state index in [0.29, 0.717) is 17.4 Å². The van der Waals surface area contributed by atoms with Crippen molar-refractivity contribution in [3.05, 3.63) is 56.6 Å². The first-order valence-corrected chi connectivity index (χ1v) is 12.1. The van der Waals surface area contributed by atoms with Crippen molar-refractivity contribution >= 4 is 0 Å². The number of aryl methyl sites for hydroxylation is 2. The van der Waals surface area contributed by atoms with Gasteiger partial charge in [-0.15, -0.1) is 0 Å². The molecule has 2 aromatic carbocycles. The Morgan fingerprint density at radius 1 is 0.742 bits per heavy atom. The minimum atomic E-state index is 0.182. The van der Waals surface area contributed by atoms with Crippen LogP contribution in [0, 0.1) is 59.3 Å². The summed E-state index contributed by atoms with van der Waals surface area (Å²) in [5, 5.41) is 21.0. The summed E-state index contributed by atoms with van der Waals surface area (Å²) in [4.78, 5) is 0. The van der Waals surface area contributed by atoms with Gasteiger partial charge >= 0.3 is 0 Å². The molecule has 0 aromatic heterocycles. The van der Waals surface area contributed by atoms with Crippen molar-refractivity contribution < 1.29 is 10.2 Å². The van der Waals surface area contributed by atoms with Crippen LogP contribution in [-0.4, -0.2) is 10.2 Å². The number of aromatic hydroxyl groups is 2. The molecular formula is C29H38O2. The third-order valence-corrected chi connectivity index (χ3v) is 10.0. The molecular weight excluding hydrogens is 380 g/mol. The first-order chi connectivity index (χ1) is 14.5. The van der Waals surface area contributed by atoms with Gasteiger partial charge in [-0.3, -0.25) is 0 Å². The molecule has 2 heteroatoms.